The number of ether oxygens (including phenoxy) is 1. The molecule has 0 bridgehead atoms. The summed E-state index contributed by atoms with van der Waals surface area (Å²) in [5.74, 6) is -0.152. The Balaban J connectivity index is 1.17. The standard InChI is InChI=1S/C28H34N4O4/c1-28(26(34)32(27(35)29-28)16-15-30-17-19-36-20-18-30)24-11-13-31(14-12-24)25(33)23-9-7-22(8-10-23)21-5-3-2-4-6-21/h2-10,24H,11-20H2,1H3,(H,29,35). The lowest BCUT2D eigenvalue weighted by Crippen LogP contribution is -2.54. The van der Waals surface area contributed by atoms with Crippen LogP contribution in [0, 0.1) is 5.92 Å². The van der Waals surface area contributed by atoms with E-state index in [1.807, 2.05) is 54.3 Å². The summed E-state index contributed by atoms with van der Waals surface area (Å²) in [7, 11) is 0. The molecule has 1 atom stereocenters. The molecule has 1 unspecified atom stereocenters. The summed E-state index contributed by atoms with van der Waals surface area (Å²) in [5, 5.41) is 2.98. The fraction of sp³-hybridized carbons (Fsp3) is 0.464. The van der Waals surface area contributed by atoms with Crippen LogP contribution >= 0.6 is 0 Å². The number of nitrogens with zero attached hydrogens (tertiary/aromatic N) is 3. The largest absolute Gasteiger partial charge is 0.379 e. The zero-order chi connectivity index (χ0) is 25.1. The van der Waals surface area contributed by atoms with Crippen LogP contribution in [-0.4, -0.2) is 90.6 Å². The zero-order valence-corrected chi connectivity index (χ0v) is 20.8. The second-order valence-electron chi connectivity index (χ2n) is 10.1. The molecule has 1 N–H and O–H groups in total. The molecule has 3 aliphatic heterocycles. The van der Waals surface area contributed by atoms with E-state index in [-0.39, 0.29) is 23.8 Å². The zero-order valence-electron chi connectivity index (χ0n) is 20.8. The Labute approximate surface area is 212 Å². The van der Waals surface area contributed by atoms with Crippen molar-refractivity contribution in [2.75, 3.05) is 52.5 Å². The minimum absolute atomic E-state index is 0.00661. The Morgan fingerprint density at radius 2 is 1.56 bits per heavy atom. The van der Waals surface area contributed by atoms with Gasteiger partial charge in [-0.3, -0.25) is 19.4 Å². The van der Waals surface area contributed by atoms with Gasteiger partial charge in [0.1, 0.15) is 5.54 Å². The Bertz CT molecular complexity index is 1090. The minimum Gasteiger partial charge on any atom is -0.379 e. The van der Waals surface area contributed by atoms with E-state index in [2.05, 4.69) is 22.3 Å². The van der Waals surface area contributed by atoms with Gasteiger partial charge in [-0.05, 0) is 48.9 Å². The maximum absolute atomic E-state index is 13.3. The number of piperidine rings is 1. The normalized spacial score (nSPS) is 23.7. The summed E-state index contributed by atoms with van der Waals surface area (Å²) in [6.07, 6.45) is 1.35. The quantitative estimate of drug-likeness (QED) is 0.630. The number of imide groups is 1. The molecule has 3 heterocycles. The summed E-state index contributed by atoms with van der Waals surface area (Å²) < 4.78 is 5.37. The lowest BCUT2D eigenvalue weighted by molar-refractivity contribution is -0.133. The second-order valence-corrected chi connectivity index (χ2v) is 10.1. The average molecular weight is 491 g/mol. The van der Waals surface area contributed by atoms with Gasteiger partial charge in [-0.25, -0.2) is 4.79 Å². The smallest absolute Gasteiger partial charge is 0.325 e. The highest BCUT2D eigenvalue weighted by molar-refractivity contribution is 6.07. The Kier molecular flexibility index (Phi) is 7.07. The number of hydrogen-bond acceptors (Lipinski definition) is 5. The van der Waals surface area contributed by atoms with Crippen molar-refractivity contribution in [3.05, 3.63) is 60.2 Å². The summed E-state index contributed by atoms with van der Waals surface area (Å²) in [5.41, 5.74) is 1.94. The van der Waals surface area contributed by atoms with E-state index >= 15 is 0 Å². The number of morpholine rings is 1. The summed E-state index contributed by atoms with van der Waals surface area (Å²) in [4.78, 5) is 44.6. The predicted molar refractivity (Wildman–Crippen MR) is 136 cm³/mol. The van der Waals surface area contributed by atoms with Crippen molar-refractivity contribution in [1.82, 2.24) is 20.0 Å². The molecule has 36 heavy (non-hydrogen) atoms. The number of carbonyl (C=O) groups excluding carboxylic acids is 3. The van der Waals surface area contributed by atoms with Gasteiger partial charge >= 0.3 is 6.03 Å². The van der Waals surface area contributed by atoms with Crippen molar-refractivity contribution in [3.63, 3.8) is 0 Å². The molecular weight excluding hydrogens is 456 g/mol. The number of benzene rings is 2. The molecule has 5 rings (SSSR count). The Morgan fingerprint density at radius 3 is 2.22 bits per heavy atom. The molecule has 2 aromatic carbocycles. The van der Waals surface area contributed by atoms with Crippen molar-refractivity contribution in [1.29, 1.82) is 0 Å². The number of likely N-dealkylation sites (tertiary alicyclic amines) is 1. The molecule has 8 nitrogen and oxygen atoms in total. The van der Waals surface area contributed by atoms with Crippen LogP contribution in [0.1, 0.15) is 30.1 Å². The molecule has 0 aliphatic carbocycles. The first-order valence-electron chi connectivity index (χ1n) is 12.8. The van der Waals surface area contributed by atoms with E-state index < -0.39 is 5.54 Å². The molecule has 3 aliphatic rings. The number of hydrogen-bond donors (Lipinski definition) is 1. The maximum atomic E-state index is 13.3. The molecule has 0 aromatic heterocycles. The molecule has 8 heteroatoms. The average Bonchev–Trinajstić information content (AvgIpc) is 3.16. The summed E-state index contributed by atoms with van der Waals surface area (Å²) in [6, 6.07) is 17.5. The van der Waals surface area contributed by atoms with Crippen molar-refractivity contribution < 1.29 is 19.1 Å². The van der Waals surface area contributed by atoms with E-state index in [1.54, 1.807) is 0 Å². The minimum atomic E-state index is -0.922. The highest BCUT2D eigenvalue weighted by Crippen LogP contribution is 2.34. The van der Waals surface area contributed by atoms with Crippen LogP contribution in [0.5, 0.6) is 0 Å². The van der Waals surface area contributed by atoms with E-state index in [0.29, 0.717) is 57.8 Å². The highest BCUT2D eigenvalue weighted by atomic mass is 16.5. The monoisotopic (exact) mass is 490 g/mol. The van der Waals surface area contributed by atoms with Gasteiger partial charge in [0.2, 0.25) is 0 Å². The number of carbonyl (C=O) groups is 3. The lowest BCUT2D eigenvalue weighted by Gasteiger charge is -2.39. The molecule has 0 spiro atoms. The van der Waals surface area contributed by atoms with Crippen LogP contribution in [0.3, 0.4) is 0 Å². The van der Waals surface area contributed by atoms with E-state index in [4.69, 9.17) is 4.74 Å². The number of nitrogens with one attached hydrogen (secondary N) is 1. The highest BCUT2D eigenvalue weighted by Gasteiger charge is 2.52. The second kappa shape index (κ2) is 10.4. The number of urea groups is 1. The fourth-order valence-electron chi connectivity index (χ4n) is 5.54. The van der Waals surface area contributed by atoms with Gasteiger partial charge in [0, 0.05) is 44.8 Å². The molecule has 4 amide bonds. The predicted octanol–water partition coefficient (Wildman–Crippen LogP) is 2.85. The molecular formula is C28H34N4O4. The van der Waals surface area contributed by atoms with Crippen LogP contribution < -0.4 is 5.32 Å². The maximum Gasteiger partial charge on any atom is 0.325 e. The molecule has 0 radical (unpaired) electrons. The van der Waals surface area contributed by atoms with Crippen LogP contribution in [-0.2, 0) is 9.53 Å². The van der Waals surface area contributed by atoms with E-state index in [9.17, 15) is 14.4 Å². The summed E-state index contributed by atoms with van der Waals surface area (Å²) in [6.45, 7) is 7.04. The third-order valence-electron chi connectivity index (χ3n) is 7.88. The molecule has 3 fully saturated rings. The number of rotatable bonds is 6. The van der Waals surface area contributed by atoms with Gasteiger partial charge in [0.05, 0.1) is 13.2 Å². The Morgan fingerprint density at radius 1 is 0.917 bits per heavy atom. The summed E-state index contributed by atoms with van der Waals surface area (Å²) >= 11 is 0. The SMILES string of the molecule is CC1(C2CCN(C(=O)c3ccc(-c4ccccc4)cc3)CC2)NC(=O)N(CCN2CCOCC2)C1=O. The van der Waals surface area contributed by atoms with Gasteiger partial charge < -0.3 is 15.0 Å². The first kappa shape index (κ1) is 24.5. The molecule has 3 saturated heterocycles. The van der Waals surface area contributed by atoms with Crippen LogP contribution in [0.4, 0.5) is 4.79 Å². The molecule has 190 valence electrons. The number of amides is 4. The topological polar surface area (TPSA) is 82.2 Å². The molecule has 2 aromatic rings. The Hall–Kier alpha value is -3.23. The van der Waals surface area contributed by atoms with E-state index in [0.717, 1.165) is 24.2 Å². The third-order valence-corrected chi connectivity index (χ3v) is 7.88. The fourth-order valence-corrected chi connectivity index (χ4v) is 5.54. The first-order valence-corrected chi connectivity index (χ1v) is 12.8. The first-order chi connectivity index (χ1) is 17.5. The van der Waals surface area contributed by atoms with E-state index in [1.165, 1.54) is 4.90 Å². The van der Waals surface area contributed by atoms with Crippen LogP contribution in [0.25, 0.3) is 11.1 Å². The van der Waals surface area contributed by atoms with Crippen molar-refractivity contribution in [2.45, 2.75) is 25.3 Å². The van der Waals surface area contributed by atoms with Crippen molar-refractivity contribution in [2.24, 2.45) is 5.92 Å². The van der Waals surface area contributed by atoms with Gasteiger partial charge in [0.25, 0.3) is 11.8 Å². The van der Waals surface area contributed by atoms with Crippen LogP contribution in [0.15, 0.2) is 54.6 Å². The van der Waals surface area contributed by atoms with Crippen molar-refractivity contribution >= 4 is 17.8 Å². The van der Waals surface area contributed by atoms with Gasteiger partial charge in [-0.2, -0.15) is 0 Å². The van der Waals surface area contributed by atoms with Crippen LogP contribution in [0.2, 0.25) is 0 Å². The van der Waals surface area contributed by atoms with Gasteiger partial charge in [0.15, 0.2) is 0 Å². The lowest BCUT2D eigenvalue weighted by atomic mass is 9.78. The third kappa shape index (κ3) is 4.88. The van der Waals surface area contributed by atoms with Crippen molar-refractivity contribution in [3.8, 4) is 11.1 Å². The van der Waals surface area contributed by atoms with Gasteiger partial charge in [-0.15, -0.1) is 0 Å². The molecule has 0 saturated carbocycles. The van der Waals surface area contributed by atoms with Gasteiger partial charge in [-0.1, -0.05) is 42.5 Å².